The minimum Gasteiger partial charge on any atom is -0.444 e. The SMILES string of the molecule is CC(CNC(=O)OC(C)(C)C)Nc1nc(NCCc2cccc(C(F)(F)F)c2)nc2ccccc12. The van der Waals surface area contributed by atoms with Gasteiger partial charge in [-0.05, 0) is 57.9 Å². The summed E-state index contributed by atoms with van der Waals surface area (Å²) >= 11 is 0. The molecule has 2 aromatic carbocycles. The maximum absolute atomic E-state index is 13.0. The van der Waals surface area contributed by atoms with Crippen LogP contribution in [0.3, 0.4) is 0 Å². The predicted molar refractivity (Wildman–Crippen MR) is 130 cm³/mol. The van der Waals surface area contributed by atoms with E-state index in [0.717, 1.165) is 17.5 Å². The zero-order chi connectivity index (χ0) is 25.6. The van der Waals surface area contributed by atoms with Gasteiger partial charge in [-0.1, -0.05) is 30.3 Å². The van der Waals surface area contributed by atoms with Gasteiger partial charge in [-0.15, -0.1) is 0 Å². The predicted octanol–water partition coefficient (Wildman–Crippen LogP) is 5.63. The van der Waals surface area contributed by atoms with Gasteiger partial charge < -0.3 is 20.7 Å². The number of aromatic nitrogens is 2. The third-order valence-corrected chi connectivity index (χ3v) is 4.89. The molecule has 0 aliphatic heterocycles. The second-order valence-corrected chi connectivity index (χ2v) is 9.22. The lowest BCUT2D eigenvalue weighted by Crippen LogP contribution is -2.38. The number of amides is 1. The van der Waals surface area contributed by atoms with Crippen LogP contribution in [0.25, 0.3) is 10.9 Å². The van der Waals surface area contributed by atoms with Gasteiger partial charge in [0.05, 0.1) is 11.1 Å². The molecule has 7 nitrogen and oxygen atoms in total. The third-order valence-electron chi connectivity index (χ3n) is 4.89. The summed E-state index contributed by atoms with van der Waals surface area (Å²) in [5.74, 6) is 0.932. The molecule has 0 radical (unpaired) electrons. The molecule has 10 heteroatoms. The number of alkyl halides is 3. The Kier molecular flexibility index (Phi) is 8.03. The normalized spacial score (nSPS) is 12.8. The van der Waals surface area contributed by atoms with E-state index < -0.39 is 23.4 Å². The van der Waals surface area contributed by atoms with Gasteiger partial charge >= 0.3 is 12.3 Å². The van der Waals surface area contributed by atoms with Crippen molar-refractivity contribution in [2.45, 2.75) is 51.9 Å². The molecule has 1 heterocycles. The molecule has 35 heavy (non-hydrogen) atoms. The van der Waals surface area contributed by atoms with Crippen LogP contribution in [-0.2, 0) is 17.3 Å². The summed E-state index contributed by atoms with van der Waals surface area (Å²) in [5, 5.41) is 9.92. The smallest absolute Gasteiger partial charge is 0.416 e. The highest BCUT2D eigenvalue weighted by molar-refractivity contribution is 5.90. The second kappa shape index (κ2) is 10.8. The minimum atomic E-state index is -4.37. The summed E-state index contributed by atoms with van der Waals surface area (Å²) in [5.41, 5.74) is 0.0164. The Labute approximate surface area is 202 Å². The van der Waals surface area contributed by atoms with Crippen LogP contribution < -0.4 is 16.0 Å². The molecule has 1 unspecified atom stereocenters. The fourth-order valence-corrected chi connectivity index (χ4v) is 3.32. The van der Waals surface area contributed by atoms with Crippen molar-refractivity contribution in [1.82, 2.24) is 15.3 Å². The van der Waals surface area contributed by atoms with Gasteiger partial charge in [0.1, 0.15) is 11.4 Å². The van der Waals surface area contributed by atoms with Crippen molar-refractivity contribution in [3.63, 3.8) is 0 Å². The first-order chi connectivity index (χ1) is 16.4. The molecule has 0 fully saturated rings. The first-order valence-electron chi connectivity index (χ1n) is 11.3. The van der Waals surface area contributed by atoms with Crippen molar-refractivity contribution in [1.29, 1.82) is 0 Å². The molecule has 0 saturated carbocycles. The van der Waals surface area contributed by atoms with Gasteiger partial charge in [0.15, 0.2) is 0 Å². The Bertz CT molecular complexity index is 1160. The average Bonchev–Trinajstić information content (AvgIpc) is 2.76. The molecule has 0 aliphatic rings. The molecule has 3 aromatic rings. The average molecular weight is 490 g/mol. The monoisotopic (exact) mass is 489 g/mol. The highest BCUT2D eigenvalue weighted by Crippen LogP contribution is 2.29. The number of rotatable bonds is 8. The standard InChI is InChI=1S/C25H30F3N5O2/c1-16(15-30-23(34)35-24(2,3)4)31-21-19-10-5-6-11-20(19)32-22(33-21)29-13-12-17-8-7-9-18(14-17)25(26,27)28/h5-11,14,16H,12-13,15H2,1-4H3,(H,30,34)(H2,29,31,32,33). The first kappa shape index (κ1) is 26.1. The van der Waals surface area contributed by atoms with Gasteiger partial charge in [-0.25, -0.2) is 9.78 Å². The van der Waals surface area contributed by atoms with Crippen molar-refractivity contribution >= 4 is 28.8 Å². The van der Waals surface area contributed by atoms with E-state index in [1.165, 1.54) is 6.07 Å². The lowest BCUT2D eigenvalue weighted by Gasteiger charge is -2.21. The molecule has 0 aliphatic carbocycles. The zero-order valence-corrected chi connectivity index (χ0v) is 20.2. The van der Waals surface area contributed by atoms with E-state index in [0.29, 0.717) is 42.4 Å². The fraction of sp³-hybridized carbons (Fsp3) is 0.400. The molecule has 1 aromatic heterocycles. The molecule has 0 bridgehead atoms. The van der Waals surface area contributed by atoms with E-state index in [-0.39, 0.29) is 6.04 Å². The Balaban J connectivity index is 1.66. The zero-order valence-electron chi connectivity index (χ0n) is 20.2. The van der Waals surface area contributed by atoms with Crippen molar-refractivity contribution in [3.8, 4) is 0 Å². The quantitative estimate of drug-likeness (QED) is 0.380. The number of ether oxygens (including phenoxy) is 1. The van der Waals surface area contributed by atoms with Crippen LogP contribution in [0.15, 0.2) is 48.5 Å². The van der Waals surface area contributed by atoms with Crippen LogP contribution in [0.5, 0.6) is 0 Å². The molecule has 3 N–H and O–H groups in total. The number of carbonyl (C=O) groups excluding carboxylic acids is 1. The van der Waals surface area contributed by atoms with Crippen LogP contribution in [0, 0.1) is 0 Å². The minimum absolute atomic E-state index is 0.168. The first-order valence-corrected chi connectivity index (χ1v) is 11.3. The molecule has 1 amide bonds. The Hall–Kier alpha value is -3.56. The summed E-state index contributed by atoms with van der Waals surface area (Å²) in [6, 6.07) is 12.6. The largest absolute Gasteiger partial charge is 0.444 e. The second-order valence-electron chi connectivity index (χ2n) is 9.22. The number of nitrogens with zero attached hydrogens (tertiary/aromatic N) is 2. The summed E-state index contributed by atoms with van der Waals surface area (Å²) in [4.78, 5) is 21.0. The van der Waals surface area contributed by atoms with Crippen molar-refractivity contribution in [2.75, 3.05) is 23.7 Å². The molecule has 1 atom stereocenters. The van der Waals surface area contributed by atoms with Gasteiger partial charge in [0.2, 0.25) is 5.95 Å². The molecular weight excluding hydrogens is 459 g/mol. The number of nitrogens with one attached hydrogen (secondary N) is 3. The van der Waals surface area contributed by atoms with E-state index in [4.69, 9.17) is 4.74 Å². The van der Waals surface area contributed by atoms with Gasteiger partial charge in [-0.2, -0.15) is 18.2 Å². The third kappa shape index (κ3) is 8.01. The van der Waals surface area contributed by atoms with Gasteiger partial charge in [-0.3, -0.25) is 0 Å². The van der Waals surface area contributed by atoms with Crippen LogP contribution in [0.4, 0.5) is 29.7 Å². The summed E-state index contributed by atoms with van der Waals surface area (Å²) < 4.78 is 44.1. The van der Waals surface area contributed by atoms with Crippen LogP contribution in [0.2, 0.25) is 0 Å². The molecule has 0 saturated heterocycles. The summed E-state index contributed by atoms with van der Waals surface area (Å²) in [6.07, 6.45) is -4.50. The number of benzene rings is 2. The number of para-hydroxylation sites is 1. The van der Waals surface area contributed by atoms with E-state index in [1.807, 2.05) is 31.2 Å². The number of anilines is 2. The molecular formula is C25H30F3N5O2. The topological polar surface area (TPSA) is 88.2 Å². The number of halogens is 3. The lowest BCUT2D eigenvalue weighted by molar-refractivity contribution is -0.137. The number of hydrogen-bond acceptors (Lipinski definition) is 6. The Morgan fingerprint density at radius 3 is 2.51 bits per heavy atom. The van der Waals surface area contributed by atoms with Crippen molar-refractivity contribution < 1.29 is 22.7 Å². The highest BCUT2D eigenvalue weighted by atomic mass is 19.4. The highest BCUT2D eigenvalue weighted by Gasteiger charge is 2.30. The maximum atomic E-state index is 13.0. The van der Waals surface area contributed by atoms with E-state index in [2.05, 4.69) is 25.9 Å². The molecule has 0 spiro atoms. The van der Waals surface area contributed by atoms with Crippen molar-refractivity contribution in [2.24, 2.45) is 0 Å². The number of fused-ring (bicyclic) bond motifs is 1. The fourth-order valence-electron chi connectivity index (χ4n) is 3.32. The number of alkyl carbamates (subject to hydrolysis) is 1. The molecule has 188 valence electrons. The Morgan fingerprint density at radius 2 is 1.80 bits per heavy atom. The van der Waals surface area contributed by atoms with E-state index in [1.54, 1.807) is 26.8 Å². The molecule has 3 rings (SSSR count). The number of carbonyl (C=O) groups is 1. The van der Waals surface area contributed by atoms with Crippen LogP contribution in [-0.4, -0.2) is 40.8 Å². The lowest BCUT2D eigenvalue weighted by atomic mass is 10.1. The summed E-state index contributed by atoms with van der Waals surface area (Å²) in [7, 11) is 0. The number of hydrogen-bond donors (Lipinski definition) is 3. The van der Waals surface area contributed by atoms with Crippen LogP contribution in [0.1, 0.15) is 38.8 Å². The van der Waals surface area contributed by atoms with Crippen LogP contribution >= 0.6 is 0 Å². The van der Waals surface area contributed by atoms with E-state index in [9.17, 15) is 18.0 Å². The maximum Gasteiger partial charge on any atom is 0.416 e. The van der Waals surface area contributed by atoms with Gasteiger partial charge in [0, 0.05) is 24.5 Å². The Morgan fingerprint density at radius 1 is 1.06 bits per heavy atom. The van der Waals surface area contributed by atoms with Gasteiger partial charge in [0.25, 0.3) is 0 Å². The summed E-state index contributed by atoms with van der Waals surface area (Å²) in [6.45, 7) is 7.95. The van der Waals surface area contributed by atoms with Crippen molar-refractivity contribution in [3.05, 3.63) is 59.7 Å². The van der Waals surface area contributed by atoms with E-state index >= 15 is 0 Å².